The van der Waals surface area contributed by atoms with Crippen LogP contribution in [0.25, 0.3) is 0 Å². The van der Waals surface area contributed by atoms with Gasteiger partial charge >= 0.3 is 0 Å². The number of nitrogens with zero attached hydrogens (tertiary/aromatic N) is 3. The number of likely N-dealkylation sites (N-methyl/N-ethyl adjacent to an activating group) is 1. The molecule has 0 spiro atoms. The molecule has 1 aromatic heterocycles. The van der Waals surface area contributed by atoms with Crippen LogP contribution in [-0.2, 0) is 13.6 Å². The average Bonchev–Trinajstić information content (AvgIpc) is 2.75. The zero-order valence-corrected chi connectivity index (χ0v) is 12.1. The van der Waals surface area contributed by atoms with Gasteiger partial charge in [-0.05, 0) is 31.7 Å². The molecule has 0 radical (unpaired) electrons. The maximum absolute atomic E-state index is 13.2. The highest BCUT2D eigenvalue weighted by atomic mass is 19.1. The molecule has 0 fully saturated rings. The lowest BCUT2D eigenvalue weighted by molar-refractivity contribution is 0.210. The highest BCUT2D eigenvalue weighted by Gasteiger charge is 2.22. The zero-order valence-electron chi connectivity index (χ0n) is 12.1. The molecule has 2 atom stereocenters. The summed E-state index contributed by atoms with van der Waals surface area (Å²) in [7, 11) is 3.88. The van der Waals surface area contributed by atoms with E-state index in [0.29, 0.717) is 6.54 Å². The Hall–Kier alpha value is -1.72. The topological polar surface area (TPSA) is 47.1 Å². The Balaban J connectivity index is 2.17. The molecule has 2 unspecified atom stereocenters. The molecule has 2 aromatic rings. The summed E-state index contributed by atoms with van der Waals surface area (Å²) in [5.41, 5.74) is 8.11. The lowest BCUT2D eigenvalue weighted by Crippen LogP contribution is -2.36. The van der Waals surface area contributed by atoms with E-state index in [1.165, 1.54) is 6.07 Å². The summed E-state index contributed by atoms with van der Waals surface area (Å²) >= 11 is 0. The molecule has 0 aliphatic rings. The fourth-order valence-electron chi connectivity index (χ4n) is 2.57. The van der Waals surface area contributed by atoms with Crippen molar-refractivity contribution in [2.75, 3.05) is 7.05 Å². The number of halogens is 1. The van der Waals surface area contributed by atoms with Gasteiger partial charge in [0.25, 0.3) is 0 Å². The minimum atomic E-state index is -0.213. The van der Waals surface area contributed by atoms with Gasteiger partial charge in [-0.3, -0.25) is 9.58 Å². The predicted octanol–water partition coefficient (Wildman–Crippen LogP) is 2.08. The standard InChI is InChI=1S/C15H21FN4/c1-11(17)15(13-8-18-20(3)10-13)19(2)9-12-5-4-6-14(16)7-12/h4-8,10-11,15H,9,17H2,1-3H3. The molecule has 2 N–H and O–H groups in total. The molecule has 1 heterocycles. The highest BCUT2D eigenvalue weighted by molar-refractivity contribution is 5.18. The third-order valence-electron chi connectivity index (χ3n) is 3.36. The molecule has 20 heavy (non-hydrogen) atoms. The van der Waals surface area contributed by atoms with Gasteiger partial charge in [-0.1, -0.05) is 12.1 Å². The maximum atomic E-state index is 13.2. The third-order valence-corrected chi connectivity index (χ3v) is 3.36. The average molecular weight is 276 g/mol. The third kappa shape index (κ3) is 3.43. The minimum Gasteiger partial charge on any atom is -0.326 e. The fraction of sp³-hybridized carbons (Fsp3) is 0.400. The largest absolute Gasteiger partial charge is 0.326 e. The van der Waals surface area contributed by atoms with Gasteiger partial charge in [-0.25, -0.2) is 4.39 Å². The molecule has 108 valence electrons. The SMILES string of the molecule is CC(N)C(c1cnn(C)c1)N(C)Cc1cccc(F)c1. The van der Waals surface area contributed by atoms with Gasteiger partial charge < -0.3 is 5.73 Å². The molecule has 0 saturated heterocycles. The van der Waals surface area contributed by atoms with Gasteiger partial charge in [0.15, 0.2) is 0 Å². The summed E-state index contributed by atoms with van der Waals surface area (Å²) in [6, 6.07) is 6.65. The van der Waals surface area contributed by atoms with Crippen molar-refractivity contribution in [1.29, 1.82) is 0 Å². The van der Waals surface area contributed by atoms with Gasteiger partial charge in [0.05, 0.1) is 12.2 Å². The van der Waals surface area contributed by atoms with Crippen LogP contribution in [0.5, 0.6) is 0 Å². The van der Waals surface area contributed by atoms with Crippen LogP contribution >= 0.6 is 0 Å². The Labute approximate surface area is 119 Å². The minimum absolute atomic E-state index is 0.0437. The van der Waals surface area contributed by atoms with Gasteiger partial charge in [0, 0.05) is 31.4 Å². The van der Waals surface area contributed by atoms with Crippen LogP contribution in [0.1, 0.15) is 24.1 Å². The lowest BCUT2D eigenvalue weighted by atomic mass is 10.0. The van der Waals surface area contributed by atoms with E-state index in [-0.39, 0.29) is 17.9 Å². The van der Waals surface area contributed by atoms with Crippen molar-refractivity contribution >= 4 is 0 Å². The van der Waals surface area contributed by atoms with E-state index in [4.69, 9.17) is 5.73 Å². The molecule has 0 saturated carbocycles. The number of rotatable bonds is 5. The van der Waals surface area contributed by atoms with E-state index in [9.17, 15) is 4.39 Å². The summed E-state index contributed by atoms with van der Waals surface area (Å²) in [6.45, 7) is 2.61. The van der Waals surface area contributed by atoms with Gasteiger partial charge in [-0.15, -0.1) is 0 Å². The van der Waals surface area contributed by atoms with E-state index >= 15 is 0 Å². The first-order chi connectivity index (χ1) is 9.47. The molecule has 0 aliphatic carbocycles. The van der Waals surface area contributed by atoms with Crippen LogP contribution in [0.2, 0.25) is 0 Å². The Bertz CT molecular complexity index is 565. The first-order valence-corrected chi connectivity index (χ1v) is 6.66. The number of aromatic nitrogens is 2. The number of aryl methyl sites for hydroxylation is 1. The van der Waals surface area contributed by atoms with Crippen molar-refractivity contribution in [2.45, 2.75) is 25.6 Å². The number of nitrogens with two attached hydrogens (primary N) is 1. The van der Waals surface area contributed by atoms with Crippen molar-refractivity contribution in [3.05, 3.63) is 53.6 Å². The second-order valence-corrected chi connectivity index (χ2v) is 5.30. The Kier molecular flexibility index (Phi) is 4.52. The highest BCUT2D eigenvalue weighted by Crippen LogP contribution is 2.23. The quantitative estimate of drug-likeness (QED) is 0.909. The Morgan fingerprint density at radius 1 is 1.45 bits per heavy atom. The normalized spacial score (nSPS) is 14.5. The van der Waals surface area contributed by atoms with Crippen molar-refractivity contribution in [3.63, 3.8) is 0 Å². The lowest BCUT2D eigenvalue weighted by Gasteiger charge is -2.30. The Morgan fingerprint density at radius 2 is 2.20 bits per heavy atom. The van der Waals surface area contributed by atoms with E-state index in [0.717, 1.165) is 11.1 Å². The van der Waals surface area contributed by atoms with Crippen molar-refractivity contribution in [1.82, 2.24) is 14.7 Å². The molecule has 1 aromatic carbocycles. The van der Waals surface area contributed by atoms with Gasteiger partial charge in [0.1, 0.15) is 5.82 Å². The second kappa shape index (κ2) is 6.15. The molecular formula is C15H21FN4. The van der Waals surface area contributed by atoms with Crippen molar-refractivity contribution in [2.24, 2.45) is 12.8 Å². The smallest absolute Gasteiger partial charge is 0.123 e. The summed E-state index contributed by atoms with van der Waals surface area (Å²) in [5.74, 6) is -0.213. The fourth-order valence-corrected chi connectivity index (χ4v) is 2.57. The second-order valence-electron chi connectivity index (χ2n) is 5.30. The zero-order chi connectivity index (χ0) is 14.7. The van der Waals surface area contributed by atoms with Crippen LogP contribution in [0.15, 0.2) is 36.7 Å². The molecule has 4 nitrogen and oxygen atoms in total. The van der Waals surface area contributed by atoms with E-state index in [2.05, 4.69) is 10.00 Å². The molecule has 2 rings (SSSR count). The first-order valence-electron chi connectivity index (χ1n) is 6.66. The Morgan fingerprint density at radius 3 is 2.75 bits per heavy atom. The molecule has 0 aliphatic heterocycles. The van der Waals surface area contributed by atoms with Gasteiger partial charge in [0.2, 0.25) is 0 Å². The summed E-state index contributed by atoms with van der Waals surface area (Å²) in [6.07, 6.45) is 3.80. The number of hydrogen-bond donors (Lipinski definition) is 1. The first kappa shape index (κ1) is 14.7. The summed E-state index contributed by atoms with van der Waals surface area (Å²) < 4.78 is 15.0. The van der Waals surface area contributed by atoms with E-state index < -0.39 is 0 Å². The molecular weight excluding hydrogens is 255 g/mol. The van der Waals surface area contributed by atoms with Crippen molar-refractivity contribution < 1.29 is 4.39 Å². The predicted molar refractivity (Wildman–Crippen MR) is 77.5 cm³/mol. The number of benzene rings is 1. The van der Waals surface area contributed by atoms with E-state index in [1.807, 2.05) is 39.5 Å². The monoisotopic (exact) mass is 276 g/mol. The van der Waals surface area contributed by atoms with Crippen LogP contribution in [0.4, 0.5) is 4.39 Å². The molecule has 5 heteroatoms. The van der Waals surface area contributed by atoms with Crippen LogP contribution in [0.3, 0.4) is 0 Å². The summed E-state index contributed by atoms with van der Waals surface area (Å²) in [5, 5.41) is 4.20. The number of hydrogen-bond acceptors (Lipinski definition) is 3. The van der Waals surface area contributed by atoms with Crippen LogP contribution < -0.4 is 5.73 Å². The van der Waals surface area contributed by atoms with Crippen molar-refractivity contribution in [3.8, 4) is 0 Å². The van der Waals surface area contributed by atoms with Crippen LogP contribution in [-0.4, -0.2) is 27.8 Å². The molecule has 0 amide bonds. The van der Waals surface area contributed by atoms with Crippen LogP contribution in [0, 0.1) is 5.82 Å². The molecule has 0 bridgehead atoms. The maximum Gasteiger partial charge on any atom is 0.123 e. The van der Waals surface area contributed by atoms with E-state index in [1.54, 1.807) is 16.8 Å². The van der Waals surface area contributed by atoms with Gasteiger partial charge in [-0.2, -0.15) is 5.10 Å². The summed E-state index contributed by atoms with van der Waals surface area (Å²) in [4.78, 5) is 2.12.